The Labute approximate surface area is 135 Å². The third kappa shape index (κ3) is 3.54. The summed E-state index contributed by atoms with van der Waals surface area (Å²) < 4.78 is 14.4. The molecule has 110 valence electrons. The molecule has 21 heavy (non-hydrogen) atoms. The zero-order valence-electron chi connectivity index (χ0n) is 11.2. The van der Waals surface area contributed by atoms with Gasteiger partial charge in [-0.1, -0.05) is 17.7 Å². The minimum atomic E-state index is -0.430. The summed E-state index contributed by atoms with van der Waals surface area (Å²) in [7, 11) is 1.59. The molecule has 2 rings (SSSR count). The molecule has 0 radical (unpaired) electrons. The molecule has 1 amide bonds. The van der Waals surface area contributed by atoms with Gasteiger partial charge in [-0.2, -0.15) is 0 Å². The lowest BCUT2D eigenvalue weighted by atomic mass is 10.1. The van der Waals surface area contributed by atoms with Crippen molar-refractivity contribution in [1.82, 2.24) is 4.90 Å². The van der Waals surface area contributed by atoms with E-state index in [-0.39, 0.29) is 12.5 Å². The fraction of sp³-hybridized carbons (Fsp3) is 0.133. The highest BCUT2D eigenvalue weighted by atomic mass is 79.9. The Morgan fingerprint density at radius 1 is 1.38 bits per heavy atom. The monoisotopic (exact) mass is 370 g/mol. The van der Waals surface area contributed by atoms with Crippen LogP contribution in [0.3, 0.4) is 0 Å². The standard InChI is InChI=1S/C15H13BrClFN2O/c1-20(8-10-12(17)3-2-4-13(10)18)15(21)9-5-6-14(19)11(16)7-9/h2-7H,8,19H2,1H3. The first-order chi connectivity index (χ1) is 9.90. The first-order valence-electron chi connectivity index (χ1n) is 6.13. The average molecular weight is 372 g/mol. The summed E-state index contributed by atoms with van der Waals surface area (Å²) in [5, 5.41) is 0.299. The molecule has 0 fully saturated rings. The molecule has 2 N–H and O–H groups in total. The number of carbonyl (C=O) groups is 1. The Kier molecular flexibility index (Phi) is 4.85. The maximum Gasteiger partial charge on any atom is 0.253 e. The van der Waals surface area contributed by atoms with Gasteiger partial charge in [0.1, 0.15) is 5.82 Å². The van der Waals surface area contributed by atoms with Gasteiger partial charge in [0.25, 0.3) is 5.91 Å². The molecule has 2 aromatic carbocycles. The first kappa shape index (κ1) is 15.8. The second kappa shape index (κ2) is 6.45. The van der Waals surface area contributed by atoms with Crippen LogP contribution in [-0.2, 0) is 6.54 Å². The molecule has 0 atom stereocenters. The Bertz CT molecular complexity index is 673. The molecule has 2 aromatic rings. The molecule has 0 unspecified atom stereocenters. The van der Waals surface area contributed by atoms with Gasteiger partial charge in [-0.05, 0) is 46.3 Å². The van der Waals surface area contributed by atoms with Crippen molar-refractivity contribution in [2.45, 2.75) is 6.54 Å². The number of hydrogen-bond acceptors (Lipinski definition) is 2. The van der Waals surface area contributed by atoms with Crippen LogP contribution in [0.1, 0.15) is 15.9 Å². The number of carbonyl (C=O) groups excluding carboxylic acids is 1. The van der Waals surface area contributed by atoms with E-state index in [1.165, 1.54) is 17.0 Å². The maximum atomic E-state index is 13.7. The molecule has 0 bridgehead atoms. The quantitative estimate of drug-likeness (QED) is 0.826. The van der Waals surface area contributed by atoms with Crippen molar-refractivity contribution in [2.24, 2.45) is 0 Å². The van der Waals surface area contributed by atoms with Gasteiger partial charge in [0.2, 0.25) is 0 Å². The number of rotatable bonds is 3. The van der Waals surface area contributed by atoms with E-state index < -0.39 is 5.82 Å². The first-order valence-corrected chi connectivity index (χ1v) is 7.30. The van der Waals surface area contributed by atoms with Crippen LogP contribution in [0.4, 0.5) is 10.1 Å². The number of amides is 1. The van der Waals surface area contributed by atoms with Crippen LogP contribution >= 0.6 is 27.5 Å². The SMILES string of the molecule is CN(Cc1c(F)cccc1Cl)C(=O)c1ccc(N)c(Br)c1. The zero-order valence-corrected chi connectivity index (χ0v) is 13.6. The van der Waals surface area contributed by atoms with Crippen LogP contribution < -0.4 is 5.73 Å². The third-order valence-corrected chi connectivity index (χ3v) is 4.09. The molecule has 0 aliphatic rings. The fourth-order valence-corrected chi connectivity index (χ4v) is 2.47. The lowest BCUT2D eigenvalue weighted by molar-refractivity contribution is 0.0784. The zero-order chi connectivity index (χ0) is 15.6. The number of anilines is 1. The van der Waals surface area contributed by atoms with E-state index in [1.54, 1.807) is 31.3 Å². The predicted octanol–water partition coefficient (Wildman–Crippen LogP) is 4.10. The van der Waals surface area contributed by atoms with Gasteiger partial charge >= 0.3 is 0 Å². The molecule has 0 aromatic heterocycles. The maximum absolute atomic E-state index is 13.7. The minimum Gasteiger partial charge on any atom is -0.398 e. The molecular formula is C15H13BrClFN2O. The van der Waals surface area contributed by atoms with Crippen molar-refractivity contribution in [3.63, 3.8) is 0 Å². The Hall–Kier alpha value is -1.59. The second-order valence-corrected chi connectivity index (χ2v) is 5.86. The highest BCUT2D eigenvalue weighted by Gasteiger charge is 2.16. The van der Waals surface area contributed by atoms with Crippen LogP contribution in [0.5, 0.6) is 0 Å². The number of nitrogens with zero attached hydrogens (tertiary/aromatic N) is 1. The average Bonchev–Trinajstić information content (AvgIpc) is 2.45. The van der Waals surface area contributed by atoms with E-state index in [1.807, 2.05) is 0 Å². The van der Waals surface area contributed by atoms with E-state index in [0.29, 0.717) is 26.3 Å². The number of nitrogens with two attached hydrogens (primary N) is 1. The normalized spacial score (nSPS) is 10.5. The van der Waals surface area contributed by atoms with Crippen molar-refractivity contribution < 1.29 is 9.18 Å². The van der Waals surface area contributed by atoms with Gasteiger partial charge < -0.3 is 10.6 Å². The van der Waals surface area contributed by atoms with E-state index in [0.717, 1.165) is 0 Å². The molecular weight excluding hydrogens is 359 g/mol. The highest BCUT2D eigenvalue weighted by Crippen LogP contribution is 2.23. The number of nitrogen functional groups attached to an aromatic ring is 1. The smallest absolute Gasteiger partial charge is 0.253 e. The van der Waals surface area contributed by atoms with Crippen molar-refractivity contribution in [3.05, 3.63) is 62.8 Å². The largest absolute Gasteiger partial charge is 0.398 e. The topological polar surface area (TPSA) is 46.3 Å². The van der Waals surface area contributed by atoms with Crippen molar-refractivity contribution in [2.75, 3.05) is 12.8 Å². The summed E-state index contributed by atoms with van der Waals surface area (Å²) in [5.41, 5.74) is 7.00. The number of hydrogen-bond donors (Lipinski definition) is 1. The van der Waals surface area contributed by atoms with Gasteiger partial charge in [0.05, 0.1) is 0 Å². The third-order valence-electron chi connectivity index (χ3n) is 3.05. The van der Waals surface area contributed by atoms with Crippen molar-refractivity contribution >= 4 is 39.1 Å². The molecule has 0 saturated heterocycles. The molecule has 0 spiro atoms. The molecule has 3 nitrogen and oxygen atoms in total. The number of halogens is 3. The highest BCUT2D eigenvalue weighted by molar-refractivity contribution is 9.10. The lowest BCUT2D eigenvalue weighted by Crippen LogP contribution is -2.26. The molecule has 0 aliphatic carbocycles. The van der Waals surface area contributed by atoms with Crippen LogP contribution in [0.2, 0.25) is 5.02 Å². The van der Waals surface area contributed by atoms with Crippen molar-refractivity contribution in [1.29, 1.82) is 0 Å². The van der Waals surface area contributed by atoms with Gasteiger partial charge in [-0.25, -0.2) is 4.39 Å². The Morgan fingerprint density at radius 2 is 2.10 bits per heavy atom. The summed E-state index contributed by atoms with van der Waals surface area (Å²) in [6.45, 7) is 0.0896. The molecule has 6 heteroatoms. The summed E-state index contributed by atoms with van der Waals surface area (Å²) in [6.07, 6.45) is 0. The van der Waals surface area contributed by atoms with Gasteiger partial charge in [-0.3, -0.25) is 4.79 Å². The summed E-state index contributed by atoms with van der Waals surface area (Å²) >= 11 is 9.24. The lowest BCUT2D eigenvalue weighted by Gasteiger charge is -2.19. The predicted molar refractivity (Wildman–Crippen MR) is 85.8 cm³/mol. The Balaban J connectivity index is 2.21. The Morgan fingerprint density at radius 3 is 2.71 bits per heavy atom. The van der Waals surface area contributed by atoms with E-state index >= 15 is 0 Å². The van der Waals surface area contributed by atoms with Crippen LogP contribution in [0.25, 0.3) is 0 Å². The van der Waals surface area contributed by atoms with Gasteiger partial charge in [-0.15, -0.1) is 0 Å². The molecule has 0 heterocycles. The summed E-state index contributed by atoms with van der Waals surface area (Å²) in [6, 6.07) is 9.34. The number of benzene rings is 2. The van der Waals surface area contributed by atoms with Crippen molar-refractivity contribution in [3.8, 4) is 0 Å². The molecule has 0 aliphatic heterocycles. The van der Waals surface area contributed by atoms with Gasteiger partial charge in [0.15, 0.2) is 0 Å². The van der Waals surface area contributed by atoms with Crippen LogP contribution in [0.15, 0.2) is 40.9 Å². The summed E-state index contributed by atoms with van der Waals surface area (Å²) in [5.74, 6) is -0.671. The second-order valence-electron chi connectivity index (χ2n) is 4.60. The van der Waals surface area contributed by atoms with Crippen LogP contribution in [-0.4, -0.2) is 17.9 Å². The summed E-state index contributed by atoms with van der Waals surface area (Å²) in [4.78, 5) is 13.7. The molecule has 0 saturated carbocycles. The van der Waals surface area contributed by atoms with E-state index in [4.69, 9.17) is 17.3 Å². The minimum absolute atomic E-state index is 0.0896. The van der Waals surface area contributed by atoms with E-state index in [2.05, 4.69) is 15.9 Å². The van der Waals surface area contributed by atoms with E-state index in [9.17, 15) is 9.18 Å². The fourth-order valence-electron chi connectivity index (χ4n) is 1.87. The van der Waals surface area contributed by atoms with Crippen LogP contribution in [0, 0.1) is 5.82 Å². The van der Waals surface area contributed by atoms with Gasteiger partial charge in [0, 0.05) is 39.9 Å².